The number of halogens is 3. The lowest BCUT2D eigenvalue weighted by atomic mass is 10.1. The van der Waals surface area contributed by atoms with E-state index in [0.29, 0.717) is 4.47 Å². The van der Waals surface area contributed by atoms with E-state index in [1.54, 1.807) is 19.1 Å². The summed E-state index contributed by atoms with van der Waals surface area (Å²) in [5.41, 5.74) is 5.94. The van der Waals surface area contributed by atoms with E-state index >= 15 is 0 Å². The maximum Gasteiger partial charge on any atom is 0.166 e. The van der Waals surface area contributed by atoms with E-state index < -0.39 is 17.7 Å². The molecule has 1 atom stereocenters. The molecule has 2 aromatic carbocycles. The molecule has 0 aliphatic carbocycles. The summed E-state index contributed by atoms with van der Waals surface area (Å²) in [6.45, 7) is 1.64. The standard InChI is InChI=1S/C14H12BrF2NO/c1-8(18)14-10(16)3-2-4-13(14)19-12-6-5-9(15)7-11(12)17/h2-8H,18H2,1H3. The van der Waals surface area contributed by atoms with Crippen LogP contribution >= 0.6 is 15.9 Å². The number of ether oxygens (including phenoxy) is 1. The van der Waals surface area contributed by atoms with Gasteiger partial charge < -0.3 is 10.5 Å². The third-order valence-corrected chi connectivity index (χ3v) is 3.08. The van der Waals surface area contributed by atoms with Crippen LogP contribution in [0, 0.1) is 11.6 Å². The Bertz CT molecular complexity index is 602. The highest BCUT2D eigenvalue weighted by atomic mass is 79.9. The second-order valence-corrected chi connectivity index (χ2v) is 5.03. The first-order chi connectivity index (χ1) is 8.99. The molecule has 100 valence electrons. The number of hydrogen-bond acceptors (Lipinski definition) is 2. The molecular weight excluding hydrogens is 316 g/mol. The zero-order valence-electron chi connectivity index (χ0n) is 10.2. The molecule has 0 bridgehead atoms. The van der Waals surface area contributed by atoms with Gasteiger partial charge in [-0.15, -0.1) is 0 Å². The Morgan fingerprint density at radius 1 is 1.11 bits per heavy atom. The predicted octanol–water partition coefficient (Wildman–Crippen LogP) is 4.54. The summed E-state index contributed by atoms with van der Waals surface area (Å²) in [5, 5.41) is 0. The minimum absolute atomic E-state index is 0.0238. The molecule has 2 N–H and O–H groups in total. The largest absolute Gasteiger partial charge is 0.454 e. The normalized spacial score (nSPS) is 12.3. The highest BCUT2D eigenvalue weighted by Crippen LogP contribution is 2.32. The first kappa shape index (κ1) is 14.0. The number of benzene rings is 2. The molecule has 2 aromatic rings. The Hall–Kier alpha value is -1.46. The van der Waals surface area contributed by atoms with E-state index in [1.165, 1.54) is 24.3 Å². The third-order valence-electron chi connectivity index (χ3n) is 2.58. The first-order valence-corrected chi connectivity index (χ1v) is 6.45. The molecule has 5 heteroatoms. The van der Waals surface area contributed by atoms with E-state index in [9.17, 15) is 8.78 Å². The van der Waals surface area contributed by atoms with Crippen LogP contribution in [0.15, 0.2) is 40.9 Å². The Morgan fingerprint density at radius 2 is 1.84 bits per heavy atom. The molecule has 2 rings (SSSR count). The minimum atomic E-state index is -0.547. The van der Waals surface area contributed by atoms with Crippen molar-refractivity contribution >= 4 is 15.9 Å². The fourth-order valence-corrected chi connectivity index (χ4v) is 2.06. The molecule has 0 saturated carbocycles. The molecule has 0 aliphatic heterocycles. The first-order valence-electron chi connectivity index (χ1n) is 5.66. The average Bonchev–Trinajstić information content (AvgIpc) is 2.32. The molecule has 0 spiro atoms. The number of hydrogen-bond donors (Lipinski definition) is 1. The maximum atomic E-state index is 13.7. The van der Waals surface area contributed by atoms with E-state index in [0.717, 1.165) is 0 Å². The molecule has 2 nitrogen and oxygen atoms in total. The van der Waals surface area contributed by atoms with Gasteiger partial charge in [0.05, 0.1) is 0 Å². The molecule has 0 aliphatic rings. The van der Waals surface area contributed by atoms with Crippen molar-refractivity contribution in [2.24, 2.45) is 5.73 Å². The molecule has 0 aromatic heterocycles. The lowest BCUT2D eigenvalue weighted by Crippen LogP contribution is -2.09. The summed E-state index contributed by atoms with van der Waals surface area (Å²) in [5.74, 6) is -0.758. The highest BCUT2D eigenvalue weighted by molar-refractivity contribution is 9.10. The van der Waals surface area contributed by atoms with Gasteiger partial charge in [-0.25, -0.2) is 8.78 Å². The number of nitrogens with two attached hydrogens (primary N) is 1. The van der Waals surface area contributed by atoms with Gasteiger partial charge in [0.15, 0.2) is 11.6 Å². The topological polar surface area (TPSA) is 35.2 Å². The van der Waals surface area contributed by atoms with Gasteiger partial charge in [0, 0.05) is 16.1 Å². The Balaban J connectivity index is 2.41. The maximum absolute atomic E-state index is 13.7. The quantitative estimate of drug-likeness (QED) is 0.898. The van der Waals surface area contributed by atoms with Gasteiger partial charge in [0.1, 0.15) is 11.6 Å². The minimum Gasteiger partial charge on any atom is -0.454 e. The summed E-state index contributed by atoms with van der Waals surface area (Å²) < 4.78 is 33.4. The van der Waals surface area contributed by atoms with Crippen molar-refractivity contribution in [1.29, 1.82) is 0 Å². The smallest absolute Gasteiger partial charge is 0.166 e. The molecule has 0 radical (unpaired) electrons. The van der Waals surface area contributed by atoms with Gasteiger partial charge in [0.25, 0.3) is 0 Å². The van der Waals surface area contributed by atoms with Crippen molar-refractivity contribution in [3.8, 4) is 11.5 Å². The fraction of sp³-hybridized carbons (Fsp3) is 0.143. The Kier molecular flexibility index (Phi) is 4.17. The second-order valence-electron chi connectivity index (χ2n) is 4.12. The van der Waals surface area contributed by atoms with Crippen molar-refractivity contribution in [2.45, 2.75) is 13.0 Å². The van der Waals surface area contributed by atoms with Crippen LogP contribution in [-0.4, -0.2) is 0 Å². The van der Waals surface area contributed by atoms with Gasteiger partial charge >= 0.3 is 0 Å². The van der Waals surface area contributed by atoms with Crippen LogP contribution in [0.25, 0.3) is 0 Å². The molecule has 19 heavy (non-hydrogen) atoms. The summed E-state index contributed by atoms with van der Waals surface area (Å²) in [4.78, 5) is 0. The predicted molar refractivity (Wildman–Crippen MR) is 73.2 cm³/mol. The molecule has 0 fully saturated rings. The lowest BCUT2D eigenvalue weighted by Gasteiger charge is -2.14. The van der Waals surface area contributed by atoms with E-state index in [4.69, 9.17) is 10.5 Å². The zero-order chi connectivity index (χ0) is 14.0. The SMILES string of the molecule is CC(N)c1c(F)cccc1Oc1ccc(Br)cc1F. The summed E-state index contributed by atoms with van der Waals surface area (Å²) in [6.07, 6.45) is 0. The molecular formula is C14H12BrF2NO. The Morgan fingerprint density at radius 3 is 2.47 bits per heavy atom. The lowest BCUT2D eigenvalue weighted by molar-refractivity contribution is 0.428. The number of rotatable bonds is 3. The van der Waals surface area contributed by atoms with E-state index in [-0.39, 0.29) is 17.1 Å². The van der Waals surface area contributed by atoms with Gasteiger partial charge in [0.2, 0.25) is 0 Å². The molecule has 0 heterocycles. The van der Waals surface area contributed by atoms with Crippen LogP contribution in [0.2, 0.25) is 0 Å². The molecule has 0 amide bonds. The zero-order valence-corrected chi connectivity index (χ0v) is 11.7. The van der Waals surface area contributed by atoms with Crippen LogP contribution in [0.4, 0.5) is 8.78 Å². The van der Waals surface area contributed by atoms with Crippen LogP contribution in [0.3, 0.4) is 0 Å². The van der Waals surface area contributed by atoms with Crippen LogP contribution in [0.5, 0.6) is 11.5 Å². The third kappa shape index (κ3) is 3.11. The summed E-state index contributed by atoms with van der Waals surface area (Å²) in [7, 11) is 0. The van der Waals surface area contributed by atoms with Crippen molar-refractivity contribution in [3.05, 3.63) is 58.1 Å². The molecule has 0 saturated heterocycles. The van der Waals surface area contributed by atoms with Gasteiger partial charge in [-0.2, -0.15) is 0 Å². The molecule has 1 unspecified atom stereocenters. The van der Waals surface area contributed by atoms with Gasteiger partial charge in [-0.3, -0.25) is 0 Å². The van der Waals surface area contributed by atoms with Crippen molar-refractivity contribution in [3.63, 3.8) is 0 Å². The Labute approximate surface area is 118 Å². The van der Waals surface area contributed by atoms with Crippen molar-refractivity contribution in [2.75, 3.05) is 0 Å². The van der Waals surface area contributed by atoms with Gasteiger partial charge in [-0.1, -0.05) is 22.0 Å². The average molecular weight is 328 g/mol. The van der Waals surface area contributed by atoms with Gasteiger partial charge in [-0.05, 0) is 37.3 Å². The second kappa shape index (κ2) is 5.67. The summed E-state index contributed by atoms with van der Waals surface area (Å²) in [6, 6.07) is 8.19. The van der Waals surface area contributed by atoms with Crippen molar-refractivity contribution in [1.82, 2.24) is 0 Å². The van der Waals surface area contributed by atoms with Crippen LogP contribution in [0.1, 0.15) is 18.5 Å². The van der Waals surface area contributed by atoms with E-state index in [2.05, 4.69) is 15.9 Å². The van der Waals surface area contributed by atoms with E-state index in [1.807, 2.05) is 0 Å². The highest BCUT2D eigenvalue weighted by Gasteiger charge is 2.15. The van der Waals surface area contributed by atoms with Crippen LogP contribution < -0.4 is 10.5 Å². The fourth-order valence-electron chi connectivity index (χ4n) is 1.72. The van der Waals surface area contributed by atoms with Crippen LogP contribution in [-0.2, 0) is 0 Å². The van der Waals surface area contributed by atoms with Crippen molar-refractivity contribution < 1.29 is 13.5 Å². The summed E-state index contributed by atoms with van der Waals surface area (Å²) >= 11 is 3.16. The monoisotopic (exact) mass is 327 g/mol.